The molecule has 116 valence electrons. The van der Waals surface area contributed by atoms with Crippen LogP contribution in [0.5, 0.6) is 5.75 Å². The van der Waals surface area contributed by atoms with Gasteiger partial charge in [0.1, 0.15) is 5.75 Å². The zero-order valence-electron chi connectivity index (χ0n) is 12.3. The van der Waals surface area contributed by atoms with Gasteiger partial charge in [-0.2, -0.15) is 0 Å². The number of hydrogen-bond acceptors (Lipinski definition) is 3. The summed E-state index contributed by atoms with van der Waals surface area (Å²) >= 11 is 4.93. The summed E-state index contributed by atoms with van der Waals surface area (Å²) < 4.78 is 6.69. The van der Waals surface area contributed by atoms with E-state index in [0.29, 0.717) is 12.4 Å². The van der Waals surface area contributed by atoms with Crippen molar-refractivity contribution in [3.63, 3.8) is 0 Å². The standard InChI is InChI=1S/C17H18BrNO2S/c1-13-4-2-3-5-16(13)21-10-11-22-12-17(20)19-15-8-6-14(18)7-9-15/h2-9H,10-12H2,1H3,(H,19,20). The molecular weight excluding hydrogens is 362 g/mol. The van der Waals surface area contributed by atoms with Crippen molar-refractivity contribution in [3.8, 4) is 5.75 Å². The molecule has 0 aliphatic carbocycles. The molecule has 0 aromatic heterocycles. The Hall–Kier alpha value is -1.46. The van der Waals surface area contributed by atoms with E-state index in [4.69, 9.17) is 4.74 Å². The van der Waals surface area contributed by atoms with Crippen molar-refractivity contribution in [1.29, 1.82) is 0 Å². The molecule has 0 bridgehead atoms. The van der Waals surface area contributed by atoms with Crippen LogP contribution in [0.3, 0.4) is 0 Å². The van der Waals surface area contributed by atoms with Crippen molar-refractivity contribution in [2.24, 2.45) is 0 Å². The summed E-state index contributed by atoms with van der Waals surface area (Å²) in [6.45, 7) is 2.62. The smallest absolute Gasteiger partial charge is 0.234 e. The van der Waals surface area contributed by atoms with E-state index in [-0.39, 0.29) is 5.91 Å². The first-order chi connectivity index (χ1) is 10.6. The second kappa shape index (κ2) is 8.86. The molecule has 2 aromatic rings. The molecule has 0 atom stereocenters. The third-order valence-corrected chi connectivity index (χ3v) is 4.39. The SMILES string of the molecule is Cc1ccccc1OCCSCC(=O)Nc1ccc(Br)cc1. The molecular formula is C17H18BrNO2S. The highest BCUT2D eigenvalue weighted by atomic mass is 79.9. The largest absolute Gasteiger partial charge is 0.492 e. The fourth-order valence-corrected chi connectivity index (χ4v) is 2.69. The maximum atomic E-state index is 11.8. The summed E-state index contributed by atoms with van der Waals surface area (Å²) in [7, 11) is 0. The Labute approximate surface area is 143 Å². The normalized spacial score (nSPS) is 10.3. The van der Waals surface area contributed by atoms with Gasteiger partial charge in [-0.25, -0.2) is 0 Å². The Morgan fingerprint density at radius 1 is 1.18 bits per heavy atom. The molecule has 0 unspecified atom stereocenters. The number of halogens is 1. The van der Waals surface area contributed by atoms with E-state index >= 15 is 0 Å². The van der Waals surface area contributed by atoms with Gasteiger partial charge in [-0.3, -0.25) is 4.79 Å². The molecule has 5 heteroatoms. The summed E-state index contributed by atoms with van der Waals surface area (Å²) in [6, 6.07) is 15.5. The first kappa shape index (κ1) is 16.9. The number of anilines is 1. The molecule has 0 heterocycles. The van der Waals surface area contributed by atoms with Gasteiger partial charge >= 0.3 is 0 Å². The maximum absolute atomic E-state index is 11.8. The van der Waals surface area contributed by atoms with E-state index in [9.17, 15) is 4.79 Å². The quantitative estimate of drug-likeness (QED) is 0.719. The van der Waals surface area contributed by atoms with Crippen molar-refractivity contribution in [2.75, 3.05) is 23.4 Å². The van der Waals surface area contributed by atoms with E-state index in [1.165, 1.54) is 0 Å². The summed E-state index contributed by atoms with van der Waals surface area (Å²) in [5, 5.41) is 2.87. The number of nitrogens with one attached hydrogen (secondary N) is 1. The minimum atomic E-state index is 0.00298. The molecule has 0 radical (unpaired) electrons. The summed E-state index contributed by atoms with van der Waals surface area (Å²) in [5.41, 5.74) is 1.94. The fraction of sp³-hybridized carbons (Fsp3) is 0.235. The van der Waals surface area contributed by atoms with Crippen LogP contribution >= 0.6 is 27.7 Å². The number of amides is 1. The molecule has 2 aromatic carbocycles. The summed E-state index contributed by atoms with van der Waals surface area (Å²) in [5.74, 6) is 2.11. The van der Waals surface area contributed by atoms with Crippen LogP contribution in [-0.2, 0) is 4.79 Å². The third-order valence-electron chi connectivity index (χ3n) is 2.94. The molecule has 0 fully saturated rings. The van der Waals surface area contributed by atoms with Crippen LogP contribution in [0.25, 0.3) is 0 Å². The van der Waals surface area contributed by atoms with Crippen molar-refractivity contribution in [2.45, 2.75) is 6.92 Å². The molecule has 2 rings (SSSR count). The number of aryl methyl sites for hydroxylation is 1. The molecule has 1 N–H and O–H groups in total. The second-order valence-corrected chi connectivity index (χ2v) is 6.74. The van der Waals surface area contributed by atoms with E-state index in [1.54, 1.807) is 11.8 Å². The summed E-state index contributed by atoms with van der Waals surface area (Å²) in [6.07, 6.45) is 0. The van der Waals surface area contributed by atoms with Crippen molar-refractivity contribution in [1.82, 2.24) is 0 Å². The van der Waals surface area contributed by atoms with Gasteiger partial charge in [0.25, 0.3) is 0 Å². The van der Waals surface area contributed by atoms with E-state index in [1.807, 2.05) is 55.5 Å². The van der Waals surface area contributed by atoms with E-state index in [0.717, 1.165) is 27.2 Å². The number of rotatable bonds is 7. The summed E-state index contributed by atoms with van der Waals surface area (Å²) in [4.78, 5) is 11.8. The Morgan fingerprint density at radius 2 is 1.91 bits per heavy atom. The molecule has 3 nitrogen and oxygen atoms in total. The van der Waals surface area contributed by atoms with Gasteiger partial charge in [0.05, 0.1) is 12.4 Å². The molecule has 0 aliphatic rings. The van der Waals surface area contributed by atoms with Gasteiger partial charge in [-0.15, -0.1) is 11.8 Å². The zero-order valence-corrected chi connectivity index (χ0v) is 14.7. The number of thioether (sulfide) groups is 1. The van der Waals surface area contributed by atoms with Crippen molar-refractivity contribution >= 4 is 39.3 Å². The second-order valence-electron chi connectivity index (χ2n) is 4.72. The van der Waals surface area contributed by atoms with Crippen LogP contribution in [-0.4, -0.2) is 24.0 Å². The maximum Gasteiger partial charge on any atom is 0.234 e. The topological polar surface area (TPSA) is 38.3 Å². The highest BCUT2D eigenvalue weighted by Crippen LogP contribution is 2.17. The molecule has 0 spiro atoms. The lowest BCUT2D eigenvalue weighted by Gasteiger charge is -2.08. The van der Waals surface area contributed by atoms with Crippen LogP contribution < -0.4 is 10.1 Å². The number of carbonyl (C=O) groups is 1. The molecule has 1 amide bonds. The molecule has 0 saturated carbocycles. The van der Waals surface area contributed by atoms with Gasteiger partial charge in [-0.05, 0) is 42.8 Å². The lowest BCUT2D eigenvalue weighted by molar-refractivity contribution is -0.113. The van der Waals surface area contributed by atoms with Crippen LogP contribution in [0.2, 0.25) is 0 Å². The Bertz CT molecular complexity index is 616. The van der Waals surface area contributed by atoms with E-state index in [2.05, 4.69) is 21.2 Å². The predicted octanol–water partition coefficient (Wildman–Crippen LogP) is 4.51. The fourth-order valence-electron chi connectivity index (χ4n) is 1.82. The predicted molar refractivity (Wildman–Crippen MR) is 96.8 cm³/mol. The van der Waals surface area contributed by atoms with Gasteiger partial charge in [0, 0.05) is 15.9 Å². The Kier molecular flexibility index (Phi) is 6.80. The number of para-hydroxylation sites is 1. The average molecular weight is 380 g/mol. The molecule has 22 heavy (non-hydrogen) atoms. The van der Waals surface area contributed by atoms with Crippen LogP contribution in [0.15, 0.2) is 53.0 Å². The Morgan fingerprint density at radius 3 is 2.64 bits per heavy atom. The Balaban J connectivity index is 1.63. The lowest BCUT2D eigenvalue weighted by Crippen LogP contribution is -2.15. The van der Waals surface area contributed by atoms with Crippen molar-refractivity contribution in [3.05, 3.63) is 58.6 Å². The monoisotopic (exact) mass is 379 g/mol. The minimum Gasteiger partial charge on any atom is -0.492 e. The number of carbonyl (C=O) groups excluding carboxylic acids is 1. The van der Waals surface area contributed by atoms with Gasteiger partial charge in [0.2, 0.25) is 5.91 Å². The van der Waals surface area contributed by atoms with Gasteiger partial charge in [-0.1, -0.05) is 34.1 Å². The molecule has 0 aliphatic heterocycles. The van der Waals surface area contributed by atoms with E-state index < -0.39 is 0 Å². The zero-order chi connectivity index (χ0) is 15.8. The van der Waals surface area contributed by atoms with Crippen LogP contribution in [0.4, 0.5) is 5.69 Å². The van der Waals surface area contributed by atoms with Crippen molar-refractivity contribution < 1.29 is 9.53 Å². The van der Waals surface area contributed by atoms with Crippen LogP contribution in [0, 0.1) is 6.92 Å². The lowest BCUT2D eigenvalue weighted by atomic mass is 10.2. The minimum absolute atomic E-state index is 0.00298. The first-order valence-corrected chi connectivity index (χ1v) is 8.91. The highest BCUT2D eigenvalue weighted by Gasteiger charge is 2.03. The number of hydrogen-bond donors (Lipinski definition) is 1. The highest BCUT2D eigenvalue weighted by molar-refractivity contribution is 9.10. The average Bonchev–Trinajstić information content (AvgIpc) is 2.51. The van der Waals surface area contributed by atoms with Gasteiger partial charge < -0.3 is 10.1 Å². The third kappa shape index (κ3) is 5.73. The van der Waals surface area contributed by atoms with Crippen LogP contribution in [0.1, 0.15) is 5.56 Å². The first-order valence-electron chi connectivity index (χ1n) is 6.97. The molecule has 0 saturated heterocycles. The number of benzene rings is 2. The number of ether oxygens (including phenoxy) is 1. The van der Waals surface area contributed by atoms with Gasteiger partial charge in [0.15, 0.2) is 0 Å².